The van der Waals surface area contributed by atoms with Gasteiger partial charge in [-0.05, 0) is 64.5 Å². The summed E-state index contributed by atoms with van der Waals surface area (Å²) in [5.74, 6) is 1.85. The van der Waals surface area contributed by atoms with Crippen molar-refractivity contribution in [3.63, 3.8) is 0 Å². The molecule has 5 heteroatoms. The Morgan fingerprint density at radius 2 is 1.88 bits per heavy atom. The lowest BCUT2D eigenvalue weighted by molar-refractivity contribution is -0.138. The highest BCUT2D eigenvalue weighted by Crippen LogP contribution is 2.31. The van der Waals surface area contributed by atoms with E-state index in [1.807, 2.05) is 19.0 Å². The first-order valence-corrected chi connectivity index (χ1v) is 10.2. The van der Waals surface area contributed by atoms with E-state index in [0.717, 1.165) is 50.6 Å². The van der Waals surface area contributed by atoms with E-state index in [1.54, 1.807) is 0 Å². The van der Waals surface area contributed by atoms with Crippen LogP contribution >= 0.6 is 0 Å². The Bertz CT molecular complexity index is 406. The van der Waals surface area contributed by atoms with Crippen molar-refractivity contribution in [1.29, 1.82) is 0 Å². The molecule has 0 aromatic heterocycles. The molecule has 0 spiro atoms. The lowest BCUT2D eigenvalue weighted by atomic mass is 9.80. The van der Waals surface area contributed by atoms with E-state index in [-0.39, 0.29) is 18.0 Å². The van der Waals surface area contributed by atoms with Crippen molar-refractivity contribution in [3.05, 3.63) is 0 Å². The molecule has 0 aromatic rings. The SMILES string of the molecule is CC(C)C1CCC(OC[C@H]2[C@@H](N)CCCN2C(=O)CCN(C)C)CC1. The molecular weight excluding hydrogens is 314 g/mol. The molecule has 1 aliphatic heterocycles. The van der Waals surface area contributed by atoms with Gasteiger partial charge in [-0.3, -0.25) is 4.79 Å². The summed E-state index contributed by atoms with van der Waals surface area (Å²) < 4.78 is 6.24. The minimum absolute atomic E-state index is 0.0454. The summed E-state index contributed by atoms with van der Waals surface area (Å²) in [4.78, 5) is 16.7. The van der Waals surface area contributed by atoms with Gasteiger partial charge in [0, 0.05) is 25.6 Å². The van der Waals surface area contributed by atoms with Gasteiger partial charge in [0.2, 0.25) is 5.91 Å². The van der Waals surface area contributed by atoms with Gasteiger partial charge in [0.05, 0.1) is 18.8 Å². The molecule has 2 fully saturated rings. The number of ether oxygens (including phenoxy) is 1. The van der Waals surface area contributed by atoms with Gasteiger partial charge < -0.3 is 20.3 Å². The number of amides is 1. The standard InChI is InChI=1S/C20H39N3O2/c1-15(2)16-7-9-17(10-8-16)25-14-19-18(21)6-5-12-23(19)20(24)11-13-22(3)4/h15-19H,5-14,21H2,1-4H3/t16?,17?,18-,19-/m0/s1. The van der Waals surface area contributed by atoms with Crippen LogP contribution in [0, 0.1) is 11.8 Å². The van der Waals surface area contributed by atoms with Crippen molar-refractivity contribution in [2.24, 2.45) is 17.6 Å². The van der Waals surface area contributed by atoms with Gasteiger partial charge in [-0.1, -0.05) is 13.8 Å². The van der Waals surface area contributed by atoms with Crippen LogP contribution in [0.5, 0.6) is 0 Å². The fraction of sp³-hybridized carbons (Fsp3) is 0.950. The summed E-state index contributed by atoms with van der Waals surface area (Å²) in [5.41, 5.74) is 6.36. The van der Waals surface area contributed by atoms with Crippen LogP contribution in [0.4, 0.5) is 0 Å². The number of piperidine rings is 1. The van der Waals surface area contributed by atoms with Gasteiger partial charge in [0.15, 0.2) is 0 Å². The number of carbonyl (C=O) groups is 1. The predicted octanol–water partition coefficient (Wildman–Crippen LogP) is 2.49. The molecule has 2 N–H and O–H groups in total. The molecule has 1 saturated carbocycles. The fourth-order valence-electron chi connectivity index (χ4n) is 4.23. The quantitative estimate of drug-likeness (QED) is 0.764. The zero-order valence-corrected chi connectivity index (χ0v) is 16.7. The molecule has 0 aromatic carbocycles. The first-order chi connectivity index (χ1) is 11.9. The van der Waals surface area contributed by atoms with E-state index in [1.165, 1.54) is 12.8 Å². The van der Waals surface area contributed by atoms with Gasteiger partial charge >= 0.3 is 0 Å². The third-order valence-electron chi connectivity index (χ3n) is 6.09. The van der Waals surface area contributed by atoms with E-state index in [2.05, 4.69) is 18.7 Å². The lowest BCUT2D eigenvalue weighted by Gasteiger charge is -2.41. The molecule has 1 saturated heterocycles. The summed E-state index contributed by atoms with van der Waals surface area (Å²) in [6.45, 7) is 6.87. The van der Waals surface area contributed by atoms with Gasteiger partial charge in [-0.15, -0.1) is 0 Å². The summed E-state index contributed by atoms with van der Waals surface area (Å²) >= 11 is 0. The van der Waals surface area contributed by atoms with E-state index in [9.17, 15) is 4.79 Å². The molecule has 5 nitrogen and oxygen atoms in total. The molecule has 1 heterocycles. The zero-order valence-electron chi connectivity index (χ0n) is 16.7. The molecule has 1 amide bonds. The number of hydrogen-bond donors (Lipinski definition) is 1. The molecule has 0 bridgehead atoms. The second-order valence-corrected chi connectivity index (χ2v) is 8.63. The summed E-state index contributed by atoms with van der Waals surface area (Å²) in [6, 6.07) is 0.0929. The van der Waals surface area contributed by atoms with Crippen LogP contribution in [0.1, 0.15) is 58.8 Å². The van der Waals surface area contributed by atoms with E-state index in [0.29, 0.717) is 19.1 Å². The van der Waals surface area contributed by atoms with Crippen molar-refractivity contribution in [2.75, 3.05) is 33.8 Å². The third-order valence-corrected chi connectivity index (χ3v) is 6.09. The monoisotopic (exact) mass is 353 g/mol. The molecule has 2 aliphatic rings. The Morgan fingerprint density at radius 1 is 1.20 bits per heavy atom. The van der Waals surface area contributed by atoms with Crippen molar-refractivity contribution in [2.45, 2.75) is 77.0 Å². The maximum Gasteiger partial charge on any atom is 0.224 e. The molecule has 1 aliphatic carbocycles. The van der Waals surface area contributed by atoms with Crippen LogP contribution in [-0.2, 0) is 9.53 Å². The first-order valence-electron chi connectivity index (χ1n) is 10.2. The van der Waals surface area contributed by atoms with Gasteiger partial charge in [-0.25, -0.2) is 0 Å². The Balaban J connectivity index is 1.83. The van der Waals surface area contributed by atoms with E-state index >= 15 is 0 Å². The molecule has 0 radical (unpaired) electrons. The maximum absolute atomic E-state index is 12.6. The second kappa shape index (κ2) is 9.89. The zero-order chi connectivity index (χ0) is 18.4. The normalized spacial score (nSPS) is 30.9. The number of hydrogen-bond acceptors (Lipinski definition) is 4. The number of rotatable bonds is 7. The number of carbonyl (C=O) groups excluding carboxylic acids is 1. The number of nitrogens with zero attached hydrogens (tertiary/aromatic N) is 2. The van der Waals surface area contributed by atoms with Crippen LogP contribution < -0.4 is 5.73 Å². The van der Waals surface area contributed by atoms with Gasteiger partial charge in [0.25, 0.3) is 0 Å². The Kier molecular flexibility index (Phi) is 8.17. The largest absolute Gasteiger partial charge is 0.376 e. The Hall–Kier alpha value is -0.650. The smallest absolute Gasteiger partial charge is 0.224 e. The van der Waals surface area contributed by atoms with E-state index < -0.39 is 0 Å². The van der Waals surface area contributed by atoms with Gasteiger partial charge in [0.1, 0.15) is 0 Å². The lowest BCUT2D eigenvalue weighted by Crippen LogP contribution is -2.57. The minimum Gasteiger partial charge on any atom is -0.376 e. The molecule has 146 valence electrons. The summed E-state index contributed by atoms with van der Waals surface area (Å²) in [5, 5.41) is 0. The molecular formula is C20H39N3O2. The third kappa shape index (κ3) is 6.22. The van der Waals surface area contributed by atoms with Crippen LogP contribution in [0.2, 0.25) is 0 Å². The highest BCUT2D eigenvalue weighted by atomic mass is 16.5. The van der Waals surface area contributed by atoms with Crippen molar-refractivity contribution in [3.8, 4) is 0 Å². The topological polar surface area (TPSA) is 58.8 Å². The first kappa shape index (κ1) is 20.7. The molecule has 2 rings (SSSR count). The van der Waals surface area contributed by atoms with Gasteiger partial charge in [-0.2, -0.15) is 0 Å². The molecule has 2 atom stereocenters. The number of likely N-dealkylation sites (tertiary alicyclic amines) is 1. The van der Waals surface area contributed by atoms with Crippen LogP contribution in [0.25, 0.3) is 0 Å². The van der Waals surface area contributed by atoms with Crippen LogP contribution in [-0.4, -0.2) is 67.7 Å². The average molecular weight is 354 g/mol. The maximum atomic E-state index is 12.6. The van der Waals surface area contributed by atoms with Crippen LogP contribution in [0.3, 0.4) is 0 Å². The van der Waals surface area contributed by atoms with Crippen LogP contribution in [0.15, 0.2) is 0 Å². The van der Waals surface area contributed by atoms with Crippen molar-refractivity contribution >= 4 is 5.91 Å². The highest BCUT2D eigenvalue weighted by Gasteiger charge is 2.33. The fourth-order valence-corrected chi connectivity index (χ4v) is 4.23. The number of nitrogens with two attached hydrogens (primary N) is 1. The second-order valence-electron chi connectivity index (χ2n) is 8.63. The Labute approximate surface area is 154 Å². The average Bonchev–Trinajstić information content (AvgIpc) is 2.58. The Morgan fingerprint density at radius 3 is 2.48 bits per heavy atom. The van der Waals surface area contributed by atoms with Crippen molar-refractivity contribution < 1.29 is 9.53 Å². The highest BCUT2D eigenvalue weighted by molar-refractivity contribution is 5.77. The molecule has 0 unspecified atom stereocenters. The van der Waals surface area contributed by atoms with E-state index in [4.69, 9.17) is 10.5 Å². The van der Waals surface area contributed by atoms with Crippen molar-refractivity contribution in [1.82, 2.24) is 9.80 Å². The predicted molar refractivity (Wildman–Crippen MR) is 102 cm³/mol. The molecule has 25 heavy (non-hydrogen) atoms. The minimum atomic E-state index is 0.0454. The summed E-state index contributed by atoms with van der Waals surface area (Å²) in [6.07, 6.45) is 7.75. The summed E-state index contributed by atoms with van der Waals surface area (Å²) in [7, 11) is 4.01.